The van der Waals surface area contributed by atoms with E-state index in [0.29, 0.717) is 27.8 Å². The number of nitrogen functional groups attached to an aromatic ring is 1. The summed E-state index contributed by atoms with van der Waals surface area (Å²) < 4.78 is 0. The summed E-state index contributed by atoms with van der Waals surface area (Å²) in [6.07, 6.45) is 0. The fraction of sp³-hybridized carbons (Fsp3) is 0. The van der Waals surface area contributed by atoms with Crippen LogP contribution in [0.3, 0.4) is 0 Å². The van der Waals surface area contributed by atoms with E-state index in [4.69, 9.17) is 5.73 Å². The number of hydrogen-bond donors (Lipinski definition) is 2. The van der Waals surface area contributed by atoms with Gasteiger partial charge in [0.15, 0.2) is 0 Å². The second-order valence-electron chi connectivity index (χ2n) is 4.74. The molecule has 0 saturated carbocycles. The molecule has 22 heavy (non-hydrogen) atoms. The van der Waals surface area contributed by atoms with Crippen LogP contribution in [0.1, 0.15) is 10.4 Å². The van der Waals surface area contributed by atoms with Gasteiger partial charge >= 0.3 is 5.97 Å². The predicted octanol–water partition coefficient (Wildman–Crippen LogP) is 4.54. The molecule has 108 valence electrons. The van der Waals surface area contributed by atoms with Crippen molar-refractivity contribution in [3.8, 4) is 0 Å². The third-order valence-electron chi connectivity index (χ3n) is 3.32. The quantitative estimate of drug-likeness (QED) is 0.548. The van der Waals surface area contributed by atoms with Gasteiger partial charge in [-0.2, -0.15) is 5.11 Å². The molecule has 0 spiro atoms. The van der Waals surface area contributed by atoms with Gasteiger partial charge in [0.2, 0.25) is 0 Å². The molecule has 3 rings (SSSR count). The van der Waals surface area contributed by atoms with Gasteiger partial charge in [-0.25, -0.2) is 4.79 Å². The van der Waals surface area contributed by atoms with Crippen molar-refractivity contribution < 1.29 is 9.90 Å². The average Bonchev–Trinajstić information content (AvgIpc) is 2.55. The first-order valence-electron chi connectivity index (χ1n) is 6.68. The highest BCUT2D eigenvalue weighted by atomic mass is 16.4. The van der Waals surface area contributed by atoms with Crippen LogP contribution in [-0.4, -0.2) is 11.1 Å². The molecule has 0 amide bonds. The van der Waals surface area contributed by atoms with Crippen LogP contribution in [0.4, 0.5) is 17.1 Å². The summed E-state index contributed by atoms with van der Waals surface area (Å²) in [4.78, 5) is 11.4. The van der Waals surface area contributed by atoms with Crippen molar-refractivity contribution in [1.29, 1.82) is 0 Å². The van der Waals surface area contributed by atoms with Gasteiger partial charge in [-0.15, -0.1) is 5.11 Å². The lowest BCUT2D eigenvalue weighted by Gasteiger charge is -2.08. The molecule has 5 heteroatoms. The average molecular weight is 291 g/mol. The normalized spacial score (nSPS) is 11.1. The van der Waals surface area contributed by atoms with Crippen molar-refractivity contribution in [2.24, 2.45) is 10.2 Å². The first kappa shape index (κ1) is 13.8. The highest BCUT2D eigenvalue weighted by Crippen LogP contribution is 2.34. The molecule has 0 heterocycles. The number of nitrogens with two attached hydrogens (primary N) is 1. The molecule has 3 N–H and O–H groups in total. The summed E-state index contributed by atoms with van der Waals surface area (Å²) in [5, 5.41) is 18.8. The minimum Gasteiger partial charge on any atom is -0.478 e. The van der Waals surface area contributed by atoms with E-state index in [1.807, 2.05) is 24.3 Å². The number of aromatic carboxylic acids is 1. The van der Waals surface area contributed by atoms with E-state index in [1.54, 1.807) is 30.3 Å². The van der Waals surface area contributed by atoms with E-state index in [9.17, 15) is 9.90 Å². The van der Waals surface area contributed by atoms with Crippen molar-refractivity contribution in [1.82, 2.24) is 0 Å². The first-order valence-corrected chi connectivity index (χ1v) is 6.68. The van der Waals surface area contributed by atoms with Crippen LogP contribution in [0.2, 0.25) is 0 Å². The molecule has 0 aliphatic rings. The van der Waals surface area contributed by atoms with Crippen molar-refractivity contribution in [2.45, 2.75) is 0 Å². The zero-order valence-corrected chi connectivity index (χ0v) is 11.6. The van der Waals surface area contributed by atoms with Gasteiger partial charge in [-0.1, -0.05) is 42.5 Å². The van der Waals surface area contributed by atoms with Crippen LogP contribution in [0.25, 0.3) is 10.8 Å². The molecular formula is C17H13N3O2. The summed E-state index contributed by atoms with van der Waals surface area (Å²) >= 11 is 0. The number of benzene rings is 3. The number of azo groups is 1. The summed E-state index contributed by atoms with van der Waals surface area (Å²) in [7, 11) is 0. The minimum absolute atomic E-state index is 0.159. The third kappa shape index (κ3) is 2.52. The molecule has 0 fully saturated rings. The van der Waals surface area contributed by atoms with Crippen LogP contribution in [0, 0.1) is 0 Å². The molecule has 0 radical (unpaired) electrons. The molecule has 3 aromatic rings. The summed E-state index contributed by atoms with van der Waals surface area (Å²) in [6, 6.07) is 17.7. The molecule has 0 saturated heterocycles. The second kappa shape index (κ2) is 5.65. The molecule has 0 unspecified atom stereocenters. The Hall–Kier alpha value is -3.21. The van der Waals surface area contributed by atoms with Crippen LogP contribution in [0.5, 0.6) is 0 Å². The maximum atomic E-state index is 11.4. The first-order chi connectivity index (χ1) is 10.7. The zero-order valence-electron chi connectivity index (χ0n) is 11.6. The lowest BCUT2D eigenvalue weighted by atomic mass is 10.0. The molecule has 0 aliphatic heterocycles. The molecule has 5 nitrogen and oxygen atoms in total. The van der Waals surface area contributed by atoms with Crippen LogP contribution >= 0.6 is 0 Å². The predicted molar refractivity (Wildman–Crippen MR) is 85.9 cm³/mol. The Morgan fingerprint density at radius 2 is 1.55 bits per heavy atom. The third-order valence-corrected chi connectivity index (χ3v) is 3.32. The molecule has 3 aromatic carbocycles. The van der Waals surface area contributed by atoms with Gasteiger partial charge in [0, 0.05) is 5.39 Å². The van der Waals surface area contributed by atoms with Crippen molar-refractivity contribution in [2.75, 3.05) is 5.73 Å². The SMILES string of the molecule is Nc1c(N=Nc2ccccc2)cc(C(=O)O)c2ccccc12. The zero-order chi connectivity index (χ0) is 15.5. The minimum atomic E-state index is -1.02. The van der Waals surface area contributed by atoms with Gasteiger partial charge in [0.25, 0.3) is 0 Å². The monoisotopic (exact) mass is 291 g/mol. The van der Waals surface area contributed by atoms with Gasteiger partial charge in [-0.05, 0) is 23.6 Å². The van der Waals surface area contributed by atoms with E-state index < -0.39 is 5.97 Å². The Kier molecular flexibility index (Phi) is 3.53. The summed E-state index contributed by atoms with van der Waals surface area (Å²) in [6.45, 7) is 0. The standard InChI is InChI=1S/C17H13N3O2/c18-16-13-9-5-4-8-12(13)14(17(21)22)10-15(16)20-19-11-6-2-1-3-7-11/h1-10H,18H2,(H,21,22). The van der Waals surface area contributed by atoms with Crippen molar-refractivity contribution in [3.05, 3.63) is 66.2 Å². The van der Waals surface area contributed by atoms with E-state index in [0.717, 1.165) is 0 Å². The maximum absolute atomic E-state index is 11.4. The molecule has 0 atom stereocenters. The fourth-order valence-corrected chi connectivity index (χ4v) is 2.25. The van der Waals surface area contributed by atoms with Gasteiger partial charge < -0.3 is 10.8 Å². The number of rotatable bonds is 3. The Bertz CT molecular complexity index is 874. The van der Waals surface area contributed by atoms with Gasteiger partial charge in [0.05, 0.1) is 16.9 Å². The van der Waals surface area contributed by atoms with E-state index in [1.165, 1.54) is 6.07 Å². The number of carboxylic acid groups (broad SMARTS) is 1. The Morgan fingerprint density at radius 1 is 0.909 bits per heavy atom. The highest BCUT2D eigenvalue weighted by Gasteiger charge is 2.14. The number of carbonyl (C=O) groups is 1. The molecular weight excluding hydrogens is 278 g/mol. The molecule has 0 aromatic heterocycles. The topological polar surface area (TPSA) is 88.0 Å². The number of carboxylic acids is 1. The van der Waals surface area contributed by atoms with Crippen molar-refractivity contribution >= 4 is 33.8 Å². The van der Waals surface area contributed by atoms with E-state index in [2.05, 4.69) is 10.2 Å². The number of nitrogens with zero attached hydrogens (tertiary/aromatic N) is 2. The van der Waals surface area contributed by atoms with Crippen LogP contribution < -0.4 is 5.73 Å². The smallest absolute Gasteiger partial charge is 0.336 e. The highest BCUT2D eigenvalue weighted by molar-refractivity contribution is 6.10. The largest absolute Gasteiger partial charge is 0.478 e. The van der Waals surface area contributed by atoms with Crippen molar-refractivity contribution in [3.63, 3.8) is 0 Å². The van der Waals surface area contributed by atoms with E-state index >= 15 is 0 Å². The Morgan fingerprint density at radius 3 is 2.23 bits per heavy atom. The van der Waals surface area contributed by atoms with Gasteiger partial charge in [0.1, 0.15) is 5.69 Å². The van der Waals surface area contributed by atoms with Crippen LogP contribution in [-0.2, 0) is 0 Å². The van der Waals surface area contributed by atoms with E-state index in [-0.39, 0.29) is 5.56 Å². The number of hydrogen-bond acceptors (Lipinski definition) is 4. The lowest BCUT2D eigenvalue weighted by Crippen LogP contribution is -1.99. The summed E-state index contributed by atoms with van der Waals surface area (Å²) in [5.41, 5.74) is 7.70. The number of anilines is 1. The lowest BCUT2D eigenvalue weighted by molar-refractivity contribution is 0.0699. The summed E-state index contributed by atoms with van der Waals surface area (Å²) in [5.74, 6) is -1.02. The fourth-order valence-electron chi connectivity index (χ4n) is 2.25. The Balaban J connectivity index is 2.16. The van der Waals surface area contributed by atoms with Crippen LogP contribution in [0.15, 0.2) is 70.9 Å². The molecule has 0 bridgehead atoms. The molecule has 0 aliphatic carbocycles. The second-order valence-corrected chi connectivity index (χ2v) is 4.74. The maximum Gasteiger partial charge on any atom is 0.336 e. The van der Waals surface area contributed by atoms with Gasteiger partial charge in [-0.3, -0.25) is 0 Å². The Labute approximate surface area is 126 Å². The number of fused-ring (bicyclic) bond motifs is 1.